The molecule has 0 aliphatic carbocycles. The molecule has 1 aromatic heterocycles. The molecule has 1 unspecified atom stereocenters. The Bertz CT molecular complexity index is 628. The van der Waals surface area contributed by atoms with Crippen LogP contribution in [-0.2, 0) is 6.54 Å². The Balaban J connectivity index is 0.00000144. The number of hydrogen-bond acceptors (Lipinski definition) is 6. The highest BCUT2D eigenvalue weighted by Crippen LogP contribution is 2.20. The third-order valence-electron chi connectivity index (χ3n) is 4.21. The van der Waals surface area contributed by atoms with Gasteiger partial charge in [-0.25, -0.2) is 0 Å². The first-order valence-electron chi connectivity index (χ1n) is 7.73. The van der Waals surface area contributed by atoms with Gasteiger partial charge in [0.15, 0.2) is 5.82 Å². The quantitative estimate of drug-likeness (QED) is 0.830. The number of piperazine rings is 1. The Morgan fingerprint density at radius 2 is 1.92 bits per heavy atom. The standard InChI is InChI=1S/C16H23N5O.2ClH/c1-12(16-18-13(2)19-22-16)21-8-6-20(7-9-21)11-14-4-3-5-15(17)10-14;;/h3-5,10,12H,6-9,11,17H2,1-2H3;2*1H. The minimum absolute atomic E-state index is 0. The van der Waals surface area contributed by atoms with Crippen LogP contribution in [0.25, 0.3) is 0 Å². The Kier molecular flexibility index (Phi) is 7.96. The number of rotatable bonds is 4. The lowest BCUT2D eigenvalue weighted by atomic mass is 10.1. The Morgan fingerprint density at radius 3 is 2.50 bits per heavy atom. The zero-order valence-electron chi connectivity index (χ0n) is 14.0. The fourth-order valence-corrected chi connectivity index (χ4v) is 2.90. The number of benzene rings is 1. The van der Waals surface area contributed by atoms with Crippen LogP contribution in [0.1, 0.15) is 30.2 Å². The average Bonchev–Trinajstić information content (AvgIpc) is 2.94. The number of halogens is 2. The van der Waals surface area contributed by atoms with Crippen molar-refractivity contribution in [2.24, 2.45) is 0 Å². The van der Waals surface area contributed by atoms with Crippen LogP contribution in [0.5, 0.6) is 0 Å². The zero-order valence-corrected chi connectivity index (χ0v) is 15.6. The SMILES string of the molecule is Cc1noc(C(C)N2CCN(Cc3cccc(N)c3)CC2)n1.Cl.Cl. The fourth-order valence-electron chi connectivity index (χ4n) is 2.90. The molecule has 2 N–H and O–H groups in total. The maximum atomic E-state index is 5.84. The molecule has 134 valence electrons. The molecule has 3 rings (SSSR count). The molecule has 1 fully saturated rings. The Morgan fingerprint density at radius 1 is 1.21 bits per heavy atom. The monoisotopic (exact) mass is 373 g/mol. The van der Waals surface area contributed by atoms with E-state index >= 15 is 0 Å². The van der Waals surface area contributed by atoms with Crippen LogP contribution in [0.3, 0.4) is 0 Å². The minimum atomic E-state index is 0. The van der Waals surface area contributed by atoms with Crippen LogP contribution in [0.4, 0.5) is 5.69 Å². The van der Waals surface area contributed by atoms with E-state index in [1.54, 1.807) is 0 Å². The van der Waals surface area contributed by atoms with Gasteiger partial charge in [0.05, 0.1) is 6.04 Å². The normalized spacial score (nSPS) is 16.9. The molecule has 6 nitrogen and oxygen atoms in total. The van der Waals surface area contributed by atoms with E-state index in [1.165, 1.54) is 5.56 Å². The second-order valence-corrected chi connectivity index (χ2v) is 5.91. The van der Waals surface area contributed by atoms with Crippen LogP contribution in [0.15, 0.2) is 28.8 Å². The number of hydrogen-bond donors (Lipinski definition) is 1. The summed E-state index contributed by atoms with van der Waals surface area (Å²) in [4.78, 5) is 9.18. The molecule has 2 aromatic rings. The van der Waals surface area contributed by atoms with Gasteiger partial charge in [-0.1, -0.05) is 17.3 Å². The van der Waals surface area contributed by atoms with Gasteiger partial charge < -0.3 is 10.3 Å². The van der Waals surface area contributed by atoms with Gasteiger partial charge in [0.25, 0.3) is 0 Å². The molecular formula is C16H25Cl2N5O. The van der Waals surface area contributed by atoms with Crippen molar-refractivity contribution in [2.75, 3.05) is 31.9 Å². The van der Waals surface area contributed by atoms with Gasteiger partial charge in [-0.15, -0.1) is 24.8 Å². The number of anilines is 1. The highest BCUT2D eigenvalue weighted by molar-refractivity contribution is 5.85. The van der Waals surface area contributed by atoms with E-state index in [9.17, 15) is 0 Å². The number of aryl methyl sites for hydroxylation is 1. The molecule has 0 spiro atoms. The summed E-state index contributed by atoms with van der Waals surface area (Å²) in [6.07, 6.45) is 0. The molecule has 2 heterocycles. The molecule has 1 saturated heterocycles. The van der Waals surface area contributed by atoms with Gasteiger partial charge in [0.2, 0.25) is 5.89 Å². The predicted octanol–water partition coefficient (Wildman–Crippen LogP) is 2.68. The maximum Gasteiger partial charge on any atom is 0.243 e. The molecule has 0 amide bonds. The predicted molar refractivity (Wildman–Crippen MR) is 99.7 cm³/mol. The van der Waals surface area contributed by atoms with Crippen LogP contribution in [0, 0.1) is 6.92 Å². The summed E-state index contributed by atoms with van der Waals surface area (Å²) < 4.78 is 5.28. The topological polar surface area (TPSA) is 71.4 Å². The molecule has 0 saturated carbocycles. The lowest BCUT2D eigenvalue weighted by Crippen LogP contribution is -2.46. The van der Waals surface area contributed by atoms with Crippen molar-refractivity contribution in [3.05, 3.63) is 41.5 Å². The van der Waals surface area contributed by atoms with E-state index in [4.69, 9.17) is 10.3 Å². The Hall–Kier alpha value is -1.34. The van der Waals surface area contributed by atoms with Crippen LogP contribution < -0.4 is 5.73 Å². The first-order valence-corrected chi connectivity index (χ1v) is 7.73. The lowest BCUT2D eigenvalue weighted by molar-refractivity contribution is 0.0845. The lowest BCUT2D eigenvalue weighted by Gasteiger charge is -2.36. The van der Waals surface area contributed by atoms with Gasteiger partial charge in [-0.3, -0.25) is 9.80 Å². The smallest absolute Gasteiger partial charge is 0.243 e. The Labute approximate surface area is 155 Å². The molecule has 1 aromatic carbocycles. The van der Waals surface area contributed by atoms with Crippen LogP contribution in [-0.4, -0.2) is 46.1 Å². The minimum Gasteiger partial charge on any atom is -0.399 e. The highest BCUT2D eigenvalue weighted by Gasteiger charge is 2.25. The van der Waals surface area contributed by atoms with E-state index < -0.39 is 0 Å². The number of nitrogen functional groups attached to an aromatic ring is 1. The molecule has 0 bridgehead atoms. The van der Waals surface area contributed by atoms with Gasteiger partial charge in [0.1, 0.15) is 0 Å². The fraction of sp³-hybridized carbons (Fsp3) is 0.500. The van der Waals surface area contributed by atoms with Crippen molar-refractivity contribution in [2.45, 2.75) is 26.4 Å². The summed E-state index contributed by atoms with van der Waals surface area (Å²) in [5.74, 6) is 1.41. The van der Waals surface area contributed by atoms with E-state index in [2.05, 4.69) is 39.0 Å². The number of nitrogens with two attached hydrogens (primary N) is 1. The van der Waals surface area contributed by atoms with Crippen molar-refractivity contribution in [3.8, 4) is 0 Å². The molecule has 1 aliphatic rings. The summed E-state index contributed by atoms with van der Waals surface area (Å²) in [6, 6.07) is 8.30. The van der Waals surface area contributed by atoms with E-state index in [-0.39, 0.29) is 30.9 Å². The largest absolute Gasteiger partial charge is 0.399 e. The molecule has 8 heteroatoms. The first kappa shape index (κ1) is 20.7. The van der Waals surface area contributed by atoms with Crippen LogP contribution >= 0.6 is 24.8 Å². The van der Waals surface area contributed by atoms with Crippen molar-refractivity contribution in [1.82, 2.24) is 19.9 Å². The van der Waals surface area contributed by atoms with Gasteiger partial charge in [0, 0.05) is 38.4 Å². The number of nitrogens with zero attached hydrogens (tertiary/aromatic N) is 4. The van der Waals surface area contributed by atoms with Gasteiger partial charge >= 0.3 is 0 Å². The van der Waals surface area contributed by atoms with Crippen molar-refractivity contribution >= 4 is 30.5 Å². The molecule has 24 heavy (non-hydrogen) atoms. The summed E-state index contributed by atoms with van der Waals surface area (Å²) in [7, 11) is 0. The molecule has 1 atom stereocenters. The first-order chi connectivity index (χ1) is 10.6. The average molecular weight is 374 g/mol. The summed E-state index contributed by atoms with van der Waals surface area (Å²) in [5.41, 5.74) is 7.94. The third kappa shape index (κ3) is 5.08. The zero-order chi connectivity index (χ0) is 15.5. The van der Waals surface area contributed by atoms with Gasteiger partial charge in [-0.05, 0) is 31.5 Å². The van der Waals surface area contributed by atoms with Crippen LogP contribution in [0.2, 0.25) is 0 Å². The van der Waals surface area contributed by atoms with Gasteiger partial charge in [-0.2, -0.15) is 4.98 Å². The van der Waals surface area contributed by atoms with Crippen molar-refractivity contribution in [3.63, 3.8) is 0 Å². The van der Waals surface area contributed by atoms with E-state index in [0.717, 1.165) is 38.4 Å². The van der Waals surface area contributed by atoms with Crippen molar-refractivity contribution in [1.29, 1.82) is 0 Å². The third-order valence-corrected chi connectivity index (χ3v) is 4.21. The summed E-state index contributed by atoms with van der Waals surface area (Å²) in [5, 5.41) is 3.88. The van der Waals surface area contributed by atoms with E-state index in [1.807, 2.05) is 19.1 Å². The highest BCUT2D eigenvalue weighted by atomic mass is 35.5. The van der Waals surface area contributed by atoms with Crippen molar-refractivity contribution < 1.29 is 4.52 Å². The second-order valence-electron chi connectivity index (χ2n) is 5.91. The van der Waals surface area contributed by atoms with E-state index in [0.29, 0.717) is 11.7 Å². The summed E-state index contributed by atoms with van der Waals surface area (Å²) in [6.45, 7) is 9.00. The number of aromatic nitrogens is 2. The molecule has 0 radical (unpaired) electrons. The second kappa shape index (κ2) is 9.22. The molecular weight excluding hydrogens is 349 g/mol. The summed E-state index contributed by atoms with van der Waals surface area (Å²) >= 11 is 0. The maximum absolute atomic E-state index is 5.84. The molecule has 1 aliphatic heterocycles.